The highest BCUT2D eigenvalue weighted by Gasteiger charge is 2.09. The SMILES string of the molecule is Cn1cccc1C(=O)NCc1ccc(F)c(CO)c1. The second-order valence-corrected chi connectivity index (χ2v) is 4.27. The number of carbonyl (C=O) groups excluding carboxylic acids is 1. The van der Waals surface area contributed by atoms with Gasteiger partial charge in [-0.1, -0.05) is 6.07 Å². The highest BCUT2D eigenvalue weighted by molar-refractivity contribution is 5.92. The van der Waals surface area contributed by atoms with Gasteiger partial charge in [-0.15, -0.1) is 0 Å². The minimum Gasteiger partial charge on any atom is -0.392 e. The zero-order valence-electron chi connectivity index (χ0n) is 10.6. The third-order valence-electron chi connectivity index (χ3n) is 2.91. The molecule has 0 radical (unpaired) electrons. The summed E-state index contributed by atoms with van der Waals surface area (Å²) >= 11 is 0. The third-order valence-corrected chi connectivity index (χ3v) is 2.91. The van der Waals surface area contributed by atoms with Crippen molar-refractivity contribution in [2.75, 3.05) is 0 Å². The van der Waals surface area contributed by atoms with Gasteiger partial charge in [-0.2, -0.15) is 0 Å². The molecule has 0 aliphatic heterocycles. The molecule has 1 amide bonds. The van der Waals surface area contributed by atoms with Crippen LogP contribution in [-0.4, -0.2) is 15.6 Å². The van der Waals surface area contributed by atoms with Crippen molar-refractivity contribution in [2.45, 2.75) is 13.2 Å². The van der Waals surface area contributed by atoms with E-state index in [1.165, 1.54) is 6.07 Å². The maximum Gasteiger partial charge on any atom is 0.268 e. The molecule has 100 valence electrons. The van der Waals surface area contributed by atoms with Crippen molar-refractivity contribution < 1.29 is 14.3 Å². The number of halogens is 1. The second kappa shape index (κ2) is 5.67. The van der Waals surface area contributed by atoms with Gasteiger partial charge < -0.3 is 15.0 Å². The number of nitrogens with one attached hydrogen (secondary N) is 1. The Kier molecular flexibility index (Phi) is 3.97. The van der Waals surface area contributed by atoms with Gasteiger partial charge in [0.1, 0.15) is 11.5 Å². The summed E-state index contributed by atoms with van der Waals surface area (Å²) in [7, 11) is 1.79. The van der Waals surface area contributed by atoms with Crippen LogP contribution in [0.25, 0.3) is 0 Å². The Hall–Kier alpha value is -2.14. The molecule has 0 spiro atoms. The van der Waals surface area contributed by atoms with Crippen molar-refractivity contribution in [3.63, 3.8) is 0 Å². The number of aryl methyl sites for hydroxylation is 1. The van der Waals surface area contributed by atoms with E-state index >= 15 is 0 Å². The molecule has 0 unspecified atom stereocenters. The van der Waals surface area contributed by atoms with Gasteiger partial charge in [0, 0.05) is 25.4 Å². The van der Waals surface area contributed by atoms with Crippen LogP contribution in [0.5, 0.6) is 0 Å². The van der Waals surface area contributed by atoms with Crippen LogP contribution in [-0.2, 0) is 20.2 Å². The Balaban J connectivity index is 2.03. The Morgan fingerprint density at radius 3 is 2.84 bits per heavy atom. The minimum absolute atomic E-state index is 0.192. The smallest absolute Gasteiger partial charge is 0.268 e. The fourth-order valence-corrected chi connectivity index (χ4v) is 1.83. The minimum atomic E-state index is -0.444. The predicted molar refractivity (Wildman–Crippen MR) is 68.9 cm³/mol. The van der Waals surface area contributed by atoms with E-state index in [9.17, 15) is 9.18 Å². The molecule has 4 nitrogen and oxygen atoms in total. The summed E-state index contributed by atoms with van der Waals surface area (Å²) < 4.78 is 14.9. The van der Waals surface area contributed by atoms with Crippen LogP contribution in [0.3, 0.4) is 0 Å². The average molecular weight is 262 g/mol. The molecule has 19 heavy (non-hydrogen) atoms. The van der Waals surface area contributed by atoms with Crippen molar-refractivity contribution in [1.29, 1.82) is 0 Å². The molecule has 0 aliphatic carbocycles. The molecule has 1 heterocycles. The molecule has 1 aromatic carbocycles. The van der Waals surface area contributed by atoms with Crippen molar-refractivity contribution >= 4 is 5.91 Å². The Morgan fingerprint density at radius 1 is 1.42 bits per heavy atom. The fraction of sp³-hybridized carbons (Fsp3) is 0.214. The predicted octanol–water partition coefficient (Wildman–Crippen LogP) is 1.59. The third kappa shape index (κ3) is 3.00. The number of carbonyl (C=O) groups is 1. The van der Waals surface area contributed by atoms with Gasteiger partial charge in [0.05, 0.1) is 6.61 Å². The van der Waals surface area contributed by atoms with Crippen LogP contribution in [0.1, 0.15) is 21.6 Å². The molecular formula is C14H15FN2O2. The highest BCUT2D eigenvalue weighted by atomic mass is 19.1. The number of benzene rings is 1. The first kappa shape index (κ1) is 13.3. The topological polar surface area (TPSA) is 54.3 Å². The number of aromatic nitrogens is 1. The molecule has 0 bridgehead atoms. The van der Waals surface area contributed by atoms with E-state index in [-0.39, 0.29) is 24.6 Å². The Morgan fingerprint density at radius 2 is 2.21 bits per heavy atom. The number of amides is 1. The zero-order chi connectivity index (χ0) is 13.8. The zero-order valence-corrected chi connectivity index (χ0v) is 10.6. The van der Waals surface area contributed by atoms with E-state index in [4.69, 9.17) is 5.11 Å². The average Bonchev–Trinajstić information content (AvgIpc) is 2.83. The fourth-order valence-electron chi connectivity index (χ4n) is 1.83. The van der Waals surface area contributed by atoms with E-state index in [0.717, 1.165) is 5.56 Å². The van der Waals surface area contributed by atoms with Crippen LogP contribution in [0.15, 0.2) is 36.5 Å². The van der Waals surface area contributed by atoms with Gasteiger partial charge >= 0.3 is 0 Å². The summed E-state index contributed by atoms with van der Waals surface area (Å²) in [5.74, 6) is -0.637. The van der Waals surface area contributed by atoms with Crippen molar-refractivity contribution in [1.82, 2.24) is 9.88 Å². The van der Waals surface area contributed by atoms with Crippen molar-refractivity contribution in [3.05, 3.63) is 59.2 Å². The molecule has 0 atom stereocenters. The second-order valence-electron chi connectivity index (χ2n) is 4.27. The van der Waals surface area contributed by atoms with Gasteiger partial charge in [0.15, 0.2) is 0 Å². The van der Waals surface area contributed by atoms with E-state index in [1.807, 2.05) is 0 Å². The summed E-state index contributed by atoms with van der Waals surface area (Å²) in [6, 6.07) is 7.92. The molecular weight excluding hydrogens is 247 g/mol. The molecule has 0 saturated carbocycles. The largest absolute Gasteiger partial charge is 0.392 e. The van der Waals surface area contributed by atoms with Crippen LogP contribution in [0, 0.1) is 5.82 Å². The number of aliphatic hydroxyl groups is 1. The number of nitrogens with zero attached hydrogens (tertiary/aromatic N) is 1. The van der Waals surface area contributed by atoms with Crippen molar-refractivity contribution in [2.24, 2.45) is 7.05 Å². The van der Waals surface area contributed by atoms with Gasteiger partial charge in [0.25, 0.3) is 5.91 Å². The number of hydrogen-bond donors (Lipinski definition) is 2. The molecule has 1 aromatic heterocycles. The van der Waals surface area contributed by atoms with Crippen LogP contribution < -0.4 is 5.32 Å². The van der Waals surface area contributed by atoms with E-state index in [2.05, 4.69) is 5.32 Å². The van der Waals surface area contributed by atoms with E-state index in [1.54, 1.807) is 42.1 Å². The first-order valence-corrected chi connectivity index (χ1v) is 5.89. The normalized spacial score (nSPS) is 10.5. The monoisotopic (exact) mass is 262 g/mol. The summed E-state index contributed by atoms with van der Waals surface area (Å²) in [5.41, 5.74) is 1.53. The van der Waals surface area contributed by atoms with Crippen molar-refractivity contribution in [3.8, 4) is 0 Å². The Labute approximate surface area is 110 Å². The Bertz CT molecular complexity index is 593. The quantitative estimate of drug-likeness (QED) is 0.879. The number of rotatable bonds is 4. The lowest BCUT2D eigenvalue weighted by Gasteiger charge is -2.08. The standard InChI is InChI=1S/C14H15FN2O2/c1-17-6-2-3-13(17)14(19)16-8-10-4-5-12(15)11(7-10)9-18/h2-7,18H,8-9H2,1H3,(H,16,19). The van der Waals surface area contributed by atoms with Gasteiger partial charge in [0.2, 0.25) is 0 Å². The highest BCUT2D eigenvalue weighted by Crippen LogP contribution is 2.10. The van der Waals surface area contributed by atoms with Crippen LogP contribution >= 0.6 is 0 Å². The lowest BCUT2D eigenvalue weighted by Crippen LogP contribution is -2.24. The summed E-state index contributed by atoms with van der Waals surface area (Å²) in [4.78, 5) is 11.9. The summed E-state index contributed by atoms with van der Waals surface area (Å²) in [5, 5.41) is 11.7. The molecule has 2 aromatic rings. The van der Waals surface area contributed by atoms with E-state index in [0.29, 0.717) is 5.69 Å². The molecule has 0 fully saturated rings. The lowest BCUT2D eigenvalue weighted by molar-refractivity contribution is 0.0943. The molecule has 0 aliphatic rings. The maximum atomic E-state index is 13.2. The molecule has 5 heteroatoms. The lowest BCUT2D eigenvalue weighted by atomic mass is 10.1. The van der Waals surface area contributed by atoms with Crippen LogP contribution in [0.2, 0.25) is 0 Å². The maximum absolute atomic E-state index is 13.2. The molecule has 2 rings (SSSR count). The number of aliphatic hydroxyl groups excluding tert-OH is 1. The van der Waals surface area contributed by atoms with Crippen LogP contribution in [0.4, 0.5) is 4.39 Å². The van der Waals surface area contributed by atoms with E-state index < -0.39 is 5.82 Å². The molecule has 2 N–H and O–H groups in total. The van der Waals surface area contributed by atoms with Gasteiger partial charge in [-0.3, -0.25) is 4.79 Å². The summed E-state index contributed by atoms with van der Waals surface area (Å²) in [6.45, 7) is -0.0667. The van der Waals surface area contributed by atoms with Gasteiger partial charge in [-0.25, -0.2) is 4.39 Å². The first-order valence-electron chi connectivity index (χ1n) is 5.89. The number of hydrogen-bond acceptors (Lipinski definition) is 2. The van der Waals surface area contributed by atoms with Gasteiger partial charge in [-0.05, 0) is 29.8 Å². The summed E-state index contributed by atoms with van der Waals surface area (Å²) in [6.07, 6.45) is 1.79. The molecule has 0 saturated heterocycles. The first-order chi connectivity index (χ1) is 9.11.